The third-order valence-electron chi connectivity index (χ3n) is 3.88. The number of amides is 1. The number of hydrogen-bond acceptors (Lipinski definition) is 4. The number of carbonyl (C=O) groups excluding carboxylic acids is 1. The molecule has 132 valence electrons. The second-order valence-electron chi connectivity index (χ2n) is 6.50. The lowest BCUT2D eigenvalue weighted by atomic mass is 10.1. The zero-order chi connectivity index (χ0) is 17.9. The number of rotatable bonds is 5. The maximum Gasteiger partial charge on any atom is 0.265 e. The lowest BCUT2D eigenvalue weighted by Crippen LogP contribution is -2.50. The lowest BCUT2D eigenvalue weighted by molar-refractivity contribution is -0.121. The fourth-order valence-corrected chi connectivity index (χ4v) is 2.81. The quantitative estimate of drug-likeness (QED) is 0.832. The second-order valence-corrected chi connectivity index (χ2v) is 6.50. The molecule has 0 N–H and O–H groups in total. The summed E-state index contributed by atoms with van der Waals surface area (Å²) in [5.41, 5.74) is 0.338. The summed E-state index contributed by atoms with van der Waals surface area (Å²) in [4.78, 5) is 14.4. The van der Waals surface area contributed by atoms with E-state index in [2.05, 4.69) is 0 Å². The standard InChI is InChI=1S/C20H23NO4/c1-4-23-15-9-11-16(12-10-15)24-13-19(22)21-14-20(2,3)25-18-8-6-5-7-17(18)21/h5-12H,4,13-14H2,1-3H3. The van der Waals surface area contributed by atoms with Crippen LogP contribution in [0.25, 0.3) is 0 Å². The molecule has 1 amide bonds. The number of ether oxygens (including phenoxy) is 3. The van der Waals surface area contributed by atoms with E-state index in [4.69, 9.17) is 14.2 Å². The van der Waals surface area contributed by atoms with Crippen molar-refractivity contribution in [3.63, 3.8) is 0 Å². The summed E-state index contributed by atoms with van der Waals surface area (Å²) < 4.78 is 17.0. The van der Waals surface area contributed by atoms with E-state index in [1.165, 1.54) is 0 Å². The third kappa shape index (κ3) is 4.05. The summed E-state index contributed by atoms with van der Waals surface area (Å²) in [6.45, 7) is 6.94. The van der Waals surface area contributed by atoms with Gasteiger partial charge in [0.15, 0.2) is 6.61 Å². The summed E-state index contributed by atoms with van der Waals surface area (Å²) in [7, 11) is 0. The van der Waals surface area contributed by atoms with Gasteiger partial charge in [0, 0.05) is 0 Å². The van der Waals surface area contributed by atoms with Crippen molar-refractivity contribution in [2.75, 3.05) is 24.7 Å². The van der Waals surface area contributed by atoms with Gasteiger partial charge < -0.3 is 19.1 Å². The van der Waals surface area contributed by atoms with Crippen LogP contribution in [-0.4, -0.2) is 31.3 Å². The molecule has 0 atom stereocenters. The first kappa shape index (κ1) is 17.1. The average Bonchev–Trinajstić information content (AvgIpc) is 2.59. The van der Waals surface area contributed by atoms with Crippen molar-refractivity contribution in [3.8, 4) is 17.2 Å². The van der Waals surface area contributed by atoms with Crippen LogP contribution in [0.3, 0.4) is 0 Å². The van der Waals surface area contributed by atoms with Gasteiger partial charge in [-0.15, -0.1) is 0 Å². The average molecular weight is 341 g/mol. The zero-order valence-corrected chi connectivity index (χ0v) is 14.8. The summed E-state index contributed by atoms with van der Waals surface area (Å²) >= 11 is 0. The van der Waals surface area contributed by atoms with E-state index in [0.717, 1.165) is 11.4 Å². The molecule has 1 aliphatic rings. The fraction of sp³-hybridized carbons (Fsp3) is 0.350. The van der Waals surface area contributed by atoms with Crippen LogP contribution in [0.1, 0.15) is 20.8 Å². The van der Waals surface area contributed by atoms with Crippen LogP contribution >= 0.6 is 0 Å². The molecule has 0 spiro atoms. The Balaban J connectivity index is 1.68. The normalized spacial score (nSPS) is 15.1. The van der Waals surface area contributed by atoms with Gasteiger partial charge in [0.05, 0.1) is 18.8 Å². The van der Waals surface area contributed by atoms with Gasteiger partial charge in [-0.25, -0.2) is 0 Å². The van der Waals surface area contributed by atoms with Crippen molar-refractivity contribution in [1.29, 1.82) is 0 Å². The molecule has 0 aliphatic carbocycles. The van der Waals surface area contributed by atoms with E-state index in [1.807, 2.05) is 57.2 Å². The van der Waals surface area contributed by atoms with Crippen LogP contribution < -0.4 is 19.1 Å². The molecule has 3 rings (SSSR count). The minimum atomic E-state index is -0.441. The van der Waals surface area contributed by atoms with Gasteiger partial charge in [0.25, 0.3) is 5.91 Å². The van der Waals surface area contributed by atoms with Crippen molar-refractivity contribution in [1.82, 2.24) is 0 Å². The topological polar surface area (TPSA) is 48.0 Å². The minimum absolute atomic E-state index is 0.0294. The molecule has 2 aromatic carbocycles. The largest absolute Gasteiger partial charge is 0.494 e. The highest BCUT2D eigenvalue weighted by Crippen LogP contribution is 2.36. The third-order valence-corrected chi connectivity index (χ3v) is 3.88. The Bertz CT molecular complexity index is 740. The predicted molar refractivity (Wildman–Crippen MR) is 96.6 cm³/mol. The van der Waals surface area contributed by atoms with Crippen molar-refractivity contribution in [2.24, 2.45) is 0 Å². The first-order valence-electron chi connectivity index (χ1n) is 8.42. The van der Waals surface area contributed by atoms with Crippen LogP contribution in [0.4, 0.5) is 5.69 Å². The molecule has 0 saturated carbocycles. The number of hydrogen-bond donors (Lipinski definition) is 0. The predicted octanol–water partition coefficient (Wildman–Crippen LogP) is 3.67. The summed E-state index contributed by atoms with van der Waals surface area (Å²) in [5, 5.41) is 0. The molecule has 0 bridgehead atoms. The van der Waals surface area contributed by atoms with Gasteiger partial charge in [-0.05, 0) is 57.2 Å². The molecular formula is C20H23NO4. The van der Waals surface area contributed by atoms with E-state index >= 15 is 0 Å². The van der Waals surface area contributed by atoms with Crippen LogP contribution in [-0.2, 0) is 4.79 Å². The molecule has 0 fully saturated rings. The Hall–Kier alpha value is -2.69. The van der Waals surface area contributed by atoms with E-state index in [1.54, 1.807) is 17.0 Å². The first-order valence-corrected chi connectivity index (χ1v) is 8.42. The summed E-state index contributed by atoms with van der Waals surface area (Å²) in [6, 6.07) is 14.8. The van der Waals surface area contributed by atoms with Gasteiger partial charge in [0.2, 0.25) is 0 Å². The Morgan fingerprint density at radius 2 is 1.72 bits per heavy atom. The first-order chi connectivity index (χ1) is 12.0. The number of anilines is 1. The van der Waals surface area contributed by atoms with Crippen LogP contribution in [0.2, 0.25) is 0 Å². The van der Waals surface area contributed by atoms with Gasteiger partial charge >= 0.3 is 0 Å². The smallest absolute Gasteiger partial charge is 0.265 e. The maximum absolute atomic E-state index is 12.7. The van der Waals surface area contributed by atoms with Crippen molar-refractivity contribution >= 4 is 11.6 Å². The molecule has 25 heavy (non-hydrogen) atoms. The van der Waals surface area contributed by atoms with Gasteiger partial charge in [-0.2, -0.15) is 0 Å². The van der Waals surface area contributed by atoms with Crippen molar-refractivity contribution in [3.05, 3.63) is 48.5 Å². The molecule has 5 nitrogen and oxygen atoms in total. The molecule has 0 aromatic heterocycles. The van der Waals surface area contributed by atoms with Crippen LogP contribution in [0.15, 0.2) is 48.5 Å². The molecule has 1 heterocycles. The lowest BCUT2D eigenvalue weighted by Gasteiger charge is -2.39. The molecule has 1 aliphatic heterocycles. The van der Waals surface area contributed by atoms with E-state index in [-0.39, 0.29) is 12.5 Å². The molecule has 5 heteroatoms. The van der Waals surface area contributed by atoms with E-state index < -0.39 is 5.60 Å². The molecule has 0 saturated heterocycles. The minimum Gasteiger partial charge on any atom is -0.494 e. The monoisotopic (exact) mass is 341 g/mol. The Morgan fingerprint density at radius 1 is 1.08 bits per heavy atom. The highest BCUT2D eigenvalue weighted by atomic mass is 16.5. The Morgan fingerprint density at radius 3 is 2.40 bits per heavy atom. The molecule has 0 unspecified atom stereocenters. The zero-order valence-electron chi connectivity index (χ0n) is 14.8. The number of para-hydroxylation sites is 2. The van der Waals surface area contributed by atoms with Crippen LogP contribution in [0, 0.1) is 0 Å². The highest BCUT2D eigenvalue weighted by Gasteiger charge is 2.34. The second kappa shape index (κ2) is 7.05. The van der Waals surface area contributed by atoms with Crippen LogP contribution in [0.5, 0.6) is 17.2 Å². The van der Waals surface area contributed by atoms with Gasteiger partial charge in [0.1, 0.15) is 22.8 Å². The number of fused-ring (bicyclic) bond motifs is 1. The molecular weight excluding hydrogens is 318 g/mol. The van der Waals surface area contributed by atoms with Crippen molar-refractivity contribution < 1.29 is 19.0 Å². The van der Waals surface area contributed by atoms with E-state index in [9.17, 15) is 4.79 Å². The summed E-state index contributed by atoms with van der Waals surface area (Å²) in [5.74, 6) is 2.04. The van der Waals surface area contributed by atoms with Gasteiger partial charge in [-0.1, -0.05) is 12.1 Å². The Labute approximate surface area is 148 Å². The fourth-order valence-electron chi connectivity index (χ4n) is 2.81. The molecule has 0 radical (unpaired) electrons. The SMILES string of the molecule is CCOc1ccc(OCC(=O)N2CC(C)(C)Oc3ccccc32)cc1. The van der Waals surface area contributed by atoms with Crippen molar-refractivity contribution in [2.45, 2.75) is 26.4 Å². The highest BCUT2D eigenvalue weighted by molar-refractivity contribution is 5.96. The number of carbonyl (C=O) groups is 1. The molecule has 2 aromatic rings. The number of nitrogens with zero attached hydrogens (tertiary/aromatic N) is 1. The van der Waals surface area contributed by atoms with Gasteiger partial charge in [-0.3, -0.25) is 4.79 Å². The Kier molecular flexibility index (Phi) is 4.83. The van der Waals surface area contributed by atoms with E-state index in [0.29, 0.717) is 24.7 Å². The maximum atomic E-state index is 12.7. The summed E-state index contributed by atoms with van der Waals surface area (Å²) in [6.07, 6.45) is 0. The number of benzene rings is 2.